The van der Waals surface area contributed by atoms with E-state index in [4.69, 9.17) is 4.43 Å². The summed E-state index contributed by atoms with van der Waals surface area (Å²) in [6.07, 6.45) is 4.45. The highest BCUT2D eigenvalue weighted by Gasteiger charge is 2.71. The number of aliphatic hydroxyl groups is 2. The van der Waals surface area contributed by atoms with Crippen LogP contribution in [0.25, 0.3) is 0 Å². The maximum absolute atomic E-state index is 12.1. The highest BCUT2D eigenvalue weighted by Crippen LogP contribution is 2.68. The summed E-state index contributed by atoms with van der Waals surface area (Å²) in [7, 11) is -2.74. The maximum atomic E-state index is 12.1. The van der Waals surface area contributed by atoms with E-state index in [0.29, 0.717) is 24.9 Å². The quantitative estimate of drug-likeness (QED) is 0.455. The molecule has 5 rings (SSSR count). The van der Waals surface area contributed by atoms with E-state index in [2.05, 4.69) is 108 Å². The van der Waals surface area contributed by atoms with Gasteiger partial charge in [0, 0.05) is 5.41 Å². The number of rotatable bonds is 5. The van der Waals surface area contributed by atoms with Crippen molar-refractivity contribution in [2.24, 2.45) is 22.7 Å². The number of hydrogen-bond donors (Lipinski definition) is 2. The third kappa shape index (κ3) is 3.55. The second kappa shape index (κ2) is 8.14. The highest BCUT2D eigenvalue weighted by molar-refractivity contribution is 6.99. The second-order valence-electron chi connectivity index (χ2n) is 13.4. The van der Waals surface area contributed by atoms with Gasteiger partial charge in [-0.15, -0.1) is 0 Å². The van der Waals surface area contributed by atoms with Crippen molar-refractivity contribution < 1.29 is 14.6 Å². The molecule has 2 saturated carbocycles. The van der Waals surface area contributed by atoms with Gasteiger partial charge in [0.2, 0.25) is 0 Å². The zero-order valence-corrected chi connectivity index (χ0v) is 23.2. The Labute approximate surface area is 212 Å². The normalized spacial score (nSPS) is 33.9. The Morgan fingerprint density at radius 2 is 1.43 bits per heavy atom. The predicted molar refractivity (Wildman–Crippen MR) is 145 cm³/mol. The Hall–Kier alpha value is -1.72. The summed E-state index contributed by atoms with van der Waals surface area (Å²) in [5, 5.41) is 25.4. The zero-order chi connectivity index (χ0) is 25.3. The Morgan fingerprint density at radius 1 is 0.886 bits per heavy atom. The largest absolute Gasteiger partial charge is 0.403 e. The lowest BCUT2D eigenvalue weighted by atomic mass is 9.44. The molecule has 2 aromatic carbocycles. The minimum absolute atomic E-state index is 0.132. The van der Waals surface area contributed by atoms with Gasteiger partial charge in [0.1, 0.15) is 5.60 Å². The molecule has 188 valence electrons. The minimum Gasteiger partial charge on any atom is -0.403 e. The standard InChI is InChI=1S/C31H42O3Si/c1-28(2,3)35(24-13-9-7-10-14-24,25-15-11-8-12-16-25)34-21-23-17-22-18-29(4,5)19-26(22)30(6)20-27(32)31(23,30)33/h7-17,22,26-27,32-33H,18-21H2,1-6H3/t22-,26+,27+,30-,31+/m1/s1. The van der Waals surface area contributed by atoms with Crippen LogP contribution in [-0.2, 0) is 4.43 Å². The summed E-state index contributed by atoms with van der Waals surface area (Å²) in [6, 6.07) is 21.3. The number of fused-ring (bicyclic) bond motifs is 3. The van der Waals surface area contributed by atoms with E-state index in [9.17, 15) is 10.2 Å². The van der Waals surface area contributed by atoms with Gasteiger partial charge in [0.05, 0.1) is 12.7 Å². The number of allylic oxidation sites excluding steroid dienone is 1. The molecule has 0 heterocycles. The van der Waals surface area contributed by atoms with Crippen molar-refractivity contribution in [3.8, 4) is 0 Å². The lowest BCUT2D eigenvalue weighted by Crippen LogP contribution is -2.73. The molecule has 0 bridgehead atoms. The van der Waals surface area contributed by atoms with E-state index in [1.807, 2.05) is 0 Å². The van der Waals surface area contributed by atoms with Crippen molar-refractivity contribution in [3.63, 3.8) is 0 Å². The van der Waals surface area contributed by atoms with Crippen LogP contribution in [0.5, 0.6) is 0 Å². The van der Waals surface area contributed by atoms with Crippen LogP contribution in [0.1, 0.15) is 60.8 Å². The predicted octanol–water partition coefficient (Wildman–Crippen LogP) is 5.06. The van der Waals surface area contributed by atoms with Crippen LogP contribution in [0.2, 0.25) is 5.04 Å². The SMILES string of the molecule is CC1(C)C[C@H]2C=C(CO[Si](c3ccccc3)(c3ccccc3)C(C)(C)C)[C@]3(O)[C@@H](O)C[C@]3(C)[C@H]2C1. The maximum Gasteiger partial charge on any atom is 0.261 e. The minimum atomic E-state index is -2.74. The van der Waals surface area contributed by atoms with E-state index < -0.39 is 20.0 Å². The van der Waals surface area contributed by atoms with Crippen LogP contribution in [0, 0.1) is 22.7 Å². The Balaban J connectivity index is 1.59. The Morgan fingerprint density at radius 3 is 1.91 bits per heavy atom. The van der Waals surface area contributed by atoms with Crippen LogP contribution in [0.3, 0.4) is 0 Å². The highest BCUT2D eigenvalue weighted by atomic mass is 28.4. The van der Waals surface area contributed by atoms with Gasteiger partial charge in [-0.05, 0) is 57.5 Å². The molecule has 35 heavy (non-hydrogen) atoms. The molecule has 0 aliphatic heterocycles. The molecule has 3 aliphatic carbocycles. The van der Waals surface area contributed by atoms with Gasteiger partial charge in [0.15, 0.2) is 0 Å². The summed E-state index contributed by atoms with van der Waals surface area (Å²) < 4.78 is 7.22. The van der Waals surface area contributed by atoms with Crippen LogP contribution in [-0.4, -0.2) is 36.8 Å². The molecule has 0 aromatic heterocycles. The fraction of sp³-hybridized carbons (Fsp3) is 0.548. The number of hydrogen-bond acceptors (Lipinski definition) is 3. The van der Waals surface area contributed by atoms with Gasteiger partial charge >= 0.3 is 0 Å². The van der Waals surface area contributed by atoms with Gasteiger partial charge < -0.3 is 14.6 Å². The van der Waals surface area contributed by atoms with E-state index >= 15 is 0 Å². The smallest absolute Gasteiger partial charge is 0.261 e. The first-order valence-corrected chi connectivity index (χ1v) is 15.1. The van der Waals surface area contributed by atoms with Crippen LogP contribution < -0.4 is 10.4 Å². The van der Waals surface area contributed by atoms with Gasteiger partial charge in [-0.3, -0.25) is 0 Å². The molecule has 2 N–H and O–H groups in total. The molecule has 5 atom stereocenters. The van der Waals surface area contributed by atoms with E-state index in [1.54, 1.807) is 0 Å². The summed E-state index contributed by atoms with van der Waals surface area (Å²) >= 11 is 0. The lowest BCUT2D eigenvalue weighted by molar-refractivity contribution is -0.250. The van der Waals surface area contributed by atoms with Gasteiger partial charge in [-0.25, -0.2) is 0 Å². The molecular formula is C31H42O3Si. The van der Waals surface area contributed by atoms with Crippen LogP contribution >= 0.6 is 0 Å². The van der Waals surface area contributed by atoms with Crippen molar-refractivity contribution in [2.45, 2.75) is 77.5 Å². The molecule has 3 nitrogen and oxygen atoms in total. The Bertz CT molecular complexity index is 1060. The van der Waals surface area contributed by atoms with E-state index in [0.717, 1.165) is 18.4 Å². The molecule has 0 radical (unpaired) electrons. The molecule has 0 spiro atoms. The lowest BCUT2D eigenvalue weighted by Gasteiger charge is -2.65. The van der Waals surface area contributed by atoms with Crippen LogP contribution in [0.4, 0.5) is 0 Å². The molecule has 3 aliphatic rings. The van der Waals surface area contributed by atoms with Gasteiger partial charge in [-0.1, -0.05) is 108 Å². The number of benzene rings is 2. The average Bonchev–Trinajstić information content (AvgIpc) is 3.12. The van der Waals surface area contributed by atoms with Crippen molar-refractivity contribution in [1.82, 2.24) is 0 Å². The van der Waals surface area contributed by atoms with Gasteiger partial charge in [0.25, 0.3) is 8.32 Å². The molecular weight excluding hydrogens is 448 g/mol. The summed E-state index contributed by atoms with van der Waals surface area (Å²) in [4.78, 5) is 0. The number of aliphatic hydroxyl groups excluding tert-OH is 1. The van der Waals surface area contributed by atoms with Crippen molar-refractivity contribution in [1.29, 1.82) is 0 Å². The molecule has 0 unspecified atom stereocenters. The average molecular weight is 491 g/mol. The third-order valence-electron chi connectivity index (χ3n) is 9.63. The fourth-order valence-electron chi connectivity index (χ4n) is 7.94. The van der Waals surface area contributed by atoms with Crippen molar-refractivity contribution in [3.05, 3.63) is 72.3 Å². The van der Waals surface area contributed by atoms with Crippen molar-refractivity contribution in [2.75, 3.05) is 6.61 Å². The Kier molecular flexibility index (Phi) is 5.80. The molecule has 4 heteroatoms. The molecule has 2 aromatic rings. The van der Waals surface area contributed by atoms with E-state index in [1.165, 1.54) is 10.4 Å². The summed E-state index contributed by atoms with van der Waals surface area (Å²) in [5.41, 5.74) is -0.361. The topological polar surface area (TPSA) is 49.7 Å². The first-order valence-electron chi connectivity index (χ1n) is 13.2. The van der Waals surface area contributed by atoms with E-state index in [-0.39, 0.29) is 15.9 Å². The molecule has 2 fully saturated rings. The first-order chi connectivity index (χ1) is 16.4. The molecule has 0 amide bonds. The third-order valence-corrected chi connectivity index (χ3v) is 14.6. The zero-order valence-electron chi connectivity index (χ0n) is 22.2. The second-order valence-corrected chi connectivity index (χ2v) is 17.7. The van der Waals surface area contributed by atoms with Crippen molar-refractivity contribution >= 4 is 18.7 Å². The fourth-order valence-corrected chi connectivity index (χ4v) is 12.5. The van der Waals surface area contributed by atoms with Crippen LogP contribution in [0.15, 0.2) is 72.3 Å². The summed E-state index contributed by atoms with van der Waals surface area (Å²) in [5.74, 6) is 0.836. The monoisotopic (exact) mass is 490 g/mol. The first kappa shape index (κ1) is 24.9. The summed E-state index contributed by atoms with van der Waals surface area (Å²) in [6.45, 7) is 14.1. The van der Waals surface area contributed by atoms with Gasteiger partial charge in [-0.2, -0.15) is 0 Å². The molecule has 0 saturated heterocycles.